The topological polar surface area (TPSA) is 12.0 Å². The molecule has 0 radical (unpaired) electrons. The van der Waals surface area contributed by atoms with Gasteiger partial charge in [0.1, 0.15) is 0 Å². The molecule has 82 valence electrons. The number of hydrogen-bond acceptors (Lipinski definition) is 2. The summed E-state index contributed by atoms with van der Waals surface area (Å²) in [6.07, 6.45) is 8.50. The Morgan fingerprint density at radius 1 is 1.36 bits per heavy atom. The van der Waals surface area contributed by atoms with Crippen LogP contribution in [-0.4, -0.2) is 23.6 Å². The first kappa shape index (κ1) is 10.8. The van der Waals surface area contributed by atoms with Gasteiger partial charge >= 0.3 is 0 Å². The third-order valence-electron chi connectivity index (χ3n) is 4.10. The molecule has 0 spiro atoms. The van der Waals surface area contributed by atoms with Gasteiger partial charge in [0, 0.05) is 5.54 Å². The fraction of sp³-hybridized carbons (Fsp3) is 1.00. The van der Waals surface area contributed by atoms with Gasteiger partial charge in [-0.2, -0.15) is 11.8 Å². The molecule has 0 aromatic carbocycles. The first-order valence-corrected chi connectivity index (χ1v) is 7.35. The maximum Gasteiger partial charge on any atom is 0.0214 e. The number of piperidine rings is 1. The summed E-state index contributed by atoms with van der Waals surface area (Å²) in [5.74, 6) is 3.75. The van der Waals surface area contributed by atoms with Crippen LogP contribution in [-0.2, 0) is 0 Å². The van der Waals surface area contributed by atoms with Crippen LogP contribution in [0, 0.1) is 5.92 Å². The molecule has 2 aliphatic heterocycles. The number of hydrogen-bond donors (Lipinski definition) is 1. The third kappa shape index (κ3) is 2.11. The van der Waals surface area contributed by atoms with Crippen LogP contribution in [0.1, 0.15) is 45.4 Å². The molecule has 1 nitrogen and oxygen atoms in total. The van der Waals surface area contributed by atoms with Crippen molar-refractivity contribution < 1.29 is 0 Å². The fourth-order valence-corrected chi connectivity index (χ4v) is 4.41. The van der Waals surface area contributed by atoms with Crippen molar-refractivity contribution in [2.24, 2.45) is 5.92 Å². The molecular formula is C12H23NS. The van der Waals surface area contributed by atoms with E-state index in [0.717, 1.165) is 5.92 Å². The SMILES string of the molecule is CCC1(C2CCCSC2)CCCCN1. The normalized spacial score (nSPS) is 39.6. The average molecular weight is 213 g/mol. The molecule has 2 atom stereocenters. The molecule has 0 aromatic heterocycles. The lowest BCUT2D eigenvalue weighted by Gasteiger charge is -2.45. The second-order valence-electron chi connectivity index (χ2n) is 4.81. The summed E-state index contributed by atoms with van der Waals surface area (Å²) in [7, 11) is 0. The molecule has 0 aromatic rings. The summed E-state index contributed by atoms with van der Waals surface area (Å²) >= 11 is 2.17. The van der Waals surface area contributed by atoms with E-state index in [2.05, 4.69) is 24.0 Å². The standard InChI is InChI=1S/C12H23NS/c1-2-12(7-3-4-8-13-12)11-6-5-9-14-10-11/h11,13H,2-10H2,1H3. The van der Waals surface area contributed by atoms with Crippen molar-refractivity contribution in [1.82, 2.24) is 5.32 Å². The van der Waals surface area contributed by atoms with Crippen LogP contribution in [0.4, 0.5) is 0 Å². The van der Waals surface area contributed by atoms with E-state index in [-0.39, 0.29) is 0 Å². The molecule has 2 heteroatoms. The molecule has 0 aliphatic carbocycles. The highest BCUT2D eigenvalue weighted by atomic mass is 32.2. The maximum atomic E-state index is 3.84. The molecule has 2 saturated heterocycles. The molecular weight excluding hydrogens is 190 g/mol. The lowest BCUT2D eigenvalue weighted by Crippen LogP contribution is -2.54. The molecule has 14 heavy (non-hydrogen) atoms. The van der Waals surface area contributed by atoms with Crippen molar-refractivity contribution in [2.75, 3.05) is 18.1 Å². The van der Waals surface area contributed by atoms with E-state index in [9.17, 15) is 0 Å². The highest BCUT2D eigenvalue weighted by Crippen LogP contribution is 2.38. The van der Waals surface area contributed by atoms with E-state index in [4.69, 9.17) is 0 Å². The first-order valence-electron chi connectivity index (χ1n) is 6.20. The monoisotopic (exact) mass is 213 g/mol. The minimum absolute atomic E-state index is 0.520. The lowest BCUT2D eigenvalue weighted by molar-refractivity contribution is 0.158. The van der Waals surface area contributed by atoms with Crippen LogP contribution in [0.3, 0.4) is 0 Å². The van der Waals surface area contributed by atoms with E-state index < -0.39 is 0 Å². The molecule has 2 heterocycles. The molecule has 2 fully saturated rings. The molecule has 1 N–H and O–H groups in total. The van der Waals surface area contributed by atoms with Crippen molar-refractivity contribution in [2.45, 2.75) is 51.0 Å². The van der Waals surface area contributed by atoms with Gasteiger partial charge in [0.25, 0.3) is 0 Å². The van der Waals surface area contributed by atoms with Gasteiger partial charge in [-0.15, -0.1) is 0 Å². The highest BCUT2D eigenvalue weighted by Gasteiger charge is 2.38. The predicted octanol–water partition coefficient (Wildman–Crippen LogP) is 3.05. The van der Waals surface area contributed by atoms with Crippen molar-refractivity contribution in [1.29, 1.82) is 0 Å². The Labute approximate surface area is 92.4 Å². The molecule has 2 unspecified atom stereocenters. The zero-order chi connectivity index (χ0) is 9.86. The summed E-state index contributed by atoms with van der Waals surface area (Å²) in [5, 5.41) is 3.84. The van der Waals surface area contributed by atoms with Crippen LogP contribution in [0.25, 0.3) is 0 Å². The second-order valence-corrected chi connectivity index (χ2v) is 5.96. The van der Waals surface area contributed by atoms with Crippen LogP contribution in [0.5, 0.6) is 0 Å². The van der Waals surface area contributed by atoms with Gasteiger partial charge in [0.05, 0.1) is 0 Å². The fourth-order valence-electron chi connectivity index (χ4n) is 3.11. The van der Waals surface area contributed by atoms with Crippen molar-refractivity contribution in [3.8, 4) is 0 Å². The smallest absolute Gasteiger partial charge is 0.0214 e. The predicted molar refractivity (Wildman–Crippen MR) is 64.9 cm³/mol. The van der Waals surface area contributed by atoms with Gasteiger partial charge in [-0.05, 0) is 56.1 Å². The number of thioether (sulfide) groups is 1. The Bertz CT molecular complexity index is 169. The van der Waals surface area contributed by atoms with Gasteiger partial charge in [-0.25, -0.2) is 0 Å². The van der Waals surface area contributed by atoms with Crippen LogP contribution in [0.15, 0.2) is 0 Å². The Balaban J connectivity index is 2.01. The van der Waals surface area contributed by atoms with Gasteiger partial charge in [-0.1, -0.05) is 13.3 Å². The molecule has 2 rings (SSSR count). The van der Waals surface area contributed by atoms with Gasteiger partial charge in [-0.3, -0.25) is 0 Å². The summed E-state index contributed by atoms with van der Waals surface area (Å²) in [6.45, 7) is 3.63. The van der Waals surface area contributed by atoms with Crippen LogP contribution >= 0.6 is 11.8 Å². The first-order chi connectivity index (χ1) is 6.87. The molecule has 2 aliphatic rings. The molecule has 0 saturated carbocycles. The quantitative estimate of drug-likeness (QED) is 0.756. The van der Waals surface area contributed by atoms with Crippen molar-refractivity contribution in [3.05, 3.63) is 0 Å². The minimum Gasteiger partial charge on any atom is -0.311 e. The minimum atomic E-state index is 0.520. The van der Waals surface area contributed by atoms with Gasteiger partial charge in [0.2, 0.25) is 0 Å². The molecule has 0 amide bonds. The highest BCUT2D eigenvalue weighted by molar-refractivity contribution is 7.99. The largest absolute Gasteiger partial charge is 0.311 e. The zero-order valence-electron chi connectivity index (χ0n) is 9.35. The second kappa shape index (κ2) is 4.89. The van der Waals surface area contributed by atoms with E-state index in [1.165, 1.54) is 56.6 Å². The van der Waals surface area contributed by atoms with Gasteiger partial charge < -0.3 is 5.32 Å². The molecule has 0 bridgehead atoms. The van der Waals surface area contributed by atoms with E-state index in [0.29, 0.717) is 5.54 Å². The maximum absolute atomic E-state index is 3.84. The lowest BCUT2D eigenvalue weighted by atomic mass is 9.74. The summed E-state index contributed by atoms with van der Waals surface area (Å²) < 4.78 is 0. The summed E-state index contributed by atoms with van der Waals surface area (Å²) in [5.41, 5.74) is 0.520. The summed E-state index contributed by atoms with van der Waals surface area (Å²) in [4.78, 5) is 0. The summed E-state index contributed by atoms with van der Waals surface area (Å²) in [6, 6.07) is 0. The van der Waals surface area contributed by atoms with Crippen molar-refractivity contribution >= 4 is 11.8 Å². The Morgan fingerprint density at radius 3 is 2.86 bits per heavy atom. The van der Waals surface area contributed by atoms with E-state index >= 15 is 0 Å². The third-order valence-corrected chi connectivity index (χ3v) is 5.31. The van der Waals surface area contributed by atoms with E-state index in [1.54, 1.807) is 0 Å². The Kier molecular flexibility index (Phi) is 3.78. The van der Waals surface area contributed by atoms with E-state index in [1.807, 2.05) is 0 Å². The number of rotatable bonds is 2. The van der Waals surface area contributed by atoms with Gasteiger partial charge in [0.15, 0.2) is 0 Å². The Hall–Kier alpha value is 0.310. The Morgan fingerprint density at radius 2 is 2.29 bits per heavy atom. The average Bonchev–Trinajstić information content (AvgIpc) is 2.31. The van der Waals surface area contributed by atoms with Crippen LogP contribution < -0.4 is 5.32 Å². The van der Waals surface area contributed by atoms with Crippen molar-refractivity contribution in [3.63, 3.8) is 0 Å². The number of nitrogens with one attached hydrogen (secondary N) is 1. The zero-order valence-corrected chi connectivity index (χ0v) is 10.2. The van der Waals surface area contributed by atoms with Crippen LogP contribution in [0.2, 0.25) is 0 Å².